The highest BCUT2D eigenvalue weighted by atomic mass is 32.2. The average Bonchev–Trinajstić information content (AvgIpc) is 2.52. The van der Waals surface area contributed by atoms with Crippen LogP contribution in [0, 0.1) is 0 Å². The maximum Gasteiger partial charge on any atom is 0.324 e. The number of hydrogen-bond donors (Lipinski definition) is 1. The van der Waals surface area contributed by atoms with Crippen LogP contribution in [0.2, 0.25) is 0 Å². The Morgan fingerprint density at radius 2 is 1.73 bits per heavy atom. The third kappa shape index (κ3) is 5.52. The molecule has 0 fully saturated rings. The van der Waals surface area contributed by atoms with E-state index < -0.39 is 33.6 Å². The van der Waals surface area contributed by atoms with Gasteiger partial charge in [-0.05, 0) is 37.1 Å². The van der Waals surface area contributed by atoms with Crippen LogP contribution in [0.15, 0.2) is 42.5 Å². The number of ether oxygens (including phenoxy) is 1. The van der Waals surface area contributed by atoms with Crippen molar-refractivity contribution in [3.8, 4) is 0 Å². The molecule has 2 atom stereocenters. The first-order chi connectivity index (χ1) is 12.0. The number of carbonyl (C=O) groups excluding carboxylic acids is 1. The van der Waals surface area contributed by atoms with E-state index in [-0.39, 0.29) is 6.61 Å². The number of carbonyl (C=O) groups is 1. The van der Waals surface area contributed by atoms with E-state index in [1.54, 1.807) is 20.8 Å². The summed E-state index contributed by atoms with van der Waals surface area (Å²) in [4.78, 5) is 12.5. The van der Waals surface area contributed by atoms with E-state index in [9.17, 15) is 13.2 Å². The molecule has 0 saturated carbocycles. The van der Waals surface area contributed by atoms with E-state index in [0.717, 1.165) is 22.6 Å². The van der Waals surface area contributed by atoms with Gasteiger partial charge in [0.25, 0.3) is 10.1 Å². The minimum atomic E-state index is -3.68. The highest BCUT2D eigenvalue weighted by molar-refractivity contribution is 7.85. The summed E-state index contributed by atoms with van der Waals surface area (Å²) in [5, 5.41) is 1.85. The second-order valence-corrected chi connectivity index (χ2v) is 8.87. The summed E-state index contributed by atoms with van der Waals surface area (Å²) in [6.45, 7) is 5.00. The van der Waals surface area contributed by atoms with E-state index in [1.807, 2.05) is 42.5 Å². The lowest BCUT2D eigenvalue weighted by Crippen LogP contribution is -2.43. The zero-order chi connectivity index (χ0) is 19.5. The Balaban J connectivity index is 2.44. The van der Waals surface area contributed by atoms with Gasteiger partial charge in [0.05, 0.1) is 12.9 Å². The maximum atomic E-state index is 12.5. The van der Waals surface area contributed by atoms with E-state index in [0.29, 0.717) is 0 Å². The molecule has 0 aliphatic heterocycles. The van der Waals surface area contributed by atoms with Crippen molar-refractivity contribution in [2.45, 2.75) is 38.3 Å². The Labute approximate surface area is 154 Å². The van der Waals surface area contributed by atoms with Gasteiger partial charge < -0.3 is 10.5 Å². The Bertz CT molecular complexity index is 881. The second-order valence-electron chi connectivity index (χ2n) is 7.22. The molecule has 6 nitrogen and oxygen atoms in total. The third-order valence-corrected chi connectivity index (χ3v) is 4.36. The van der Waals surface area contributed by atoms with Gasteiger partial charge in [-0.3, -0.25) is 8.98 Å². The molecule has 2 aromatic carbocycles. The SMILES string of the molecule is CC(C)(C)OC(=O)[C@@H](N)[C@@H](COS(C)(=O)=O)c1cccc2ccccc12. The van der Waals surface area contributed by atoms with Crippen molar-refractivity contribution < 1.29 is 22.1 Å². The lowest BCUT2D eigenvalue weighted by atomic mass is 9.88. The molecule has 2 N–H and O–H groups in total. The smallest absolute Gasteiger partial charge is 0.324 e. The monoisotopic (exact) mass is 379 g/mol. The molecule has 142 valence electrons. The summed E-state index contributed by atoms with van der Waals surface area (Å²) in [6, 6.07) is 12.2. The molecule has 0 bridgehead atoms. The van der Waals surface area contributed by atoms with Crippen LogP contribution in [0.1, 0.15) is 32.3 Å². The molecule has 0 saturated heterocycles. The van der Waals surface area contributed by atoms with Crippen molar-refractivity contribution >= 4 is 26.9 Å². The van der Waals surface area contributed by atoms with Crippen molar-refractivity contribution in [3.63, 3.8) is 0 Å². The Morgan fingerprint density at radius 1 is 1.12 bits per heavy atom. The van der Waals surface area contributed by atoms with Crippen LogP contribution >= 0.6 is 0 Å². The van der Waals surface area contributed by atoms with Crippen LogP contribution in [-0.2, 0) is 23.8 Å². The molecule has 0 radical (unpaired) electrons. The summed E-state index contributed by atoms with van der Waals surface area (Å²) in [6.07, 6.45) is 0.964. The van der Waals surface area contributed by atoms with Gasteiger partial charge in [-0.25, -0.2) is 0 Å². The van der Waals surface area contributed by atoms with Crippen LogP contribution in [0.3, 0.4) is 0 Å². The molecule has 7 heteroatoms. The quantitative estimate of drug-likeness (QED) is 0.612. The van der Waals surface area contributed by atoms with Gasteiger partial charge in [0.1, 0.15) is 11.6 Å². The van der Waals surface area contributed by atoms with Gasteiger partial charge in [-0.2, -0.15) is 8.42 Å². The molecule has 2 rings (SSSR count). The lowest BCUT2D eigenvalue weighted by molar-refractivity contribution is -0.157. The fourth-order valence-electron chi connectivity index (χ4n) is 2.69. The van der Waals surface area contributed by atoms with E-state index in [1.165, 1.54) is 0 Å². The van der Waals surface area contributed by atoms with Crippen molar-refractivity contribution in [2.24, 2.45) is 5.73 Å². The standard InChI is InChI=1S/C19H25NO5S/c1-19(2,3)25-18(21)17(20)16(12-24-26(4,22)23)15-11-7-9-13-8-5-6-10-14(13)15/h5-11,16-17H,12,20H2,1-4H3/t16-,17-/m0/s1. The molecule has 0 aliphatic carbocycles. The summed E-state index contributed by atoms with van der Waals surface area (Å²) >= 11 is 0. The number of fused-ring (bicyclic) bond motifs is 1. The summed E-state index contributed by atoms with van der Waals surface area (Å²) in [5.74, 6) is -1.28. The Kier molecular flexibility index (Phi) is 6.05. The van der Waals surface area contributed by atoms with Gasteiger partial charge in [0.15, 0.2) is 0 Å². The summed E-state index contributed by atoms with van der Waals surface area (Å²) in [7, 11) is -3.68. The predicted octanol–water partition coefficient (Wildman–Crippen LogP) is 2.57. The number of hydrogen-bond acceptors (Lipinski definition) is 6. The molecular formula is C19H25NO5S. The van der Waals surface area contributed by atoms with Gasteiger partial charge >= 0.3 is 5.97 Å². The van der Waals surface area contributed by atoms with Crippen LogP contribution < -0.4 is 5.73 Å². The second kappa shape index (κ2) is 7.73. The molecule has 2 aromatic rings. The number of benzene rings is 2. The van der Waals surface area contributed by atoms with Crippen molar-refractivity contribution in [2.75, 3.05) is 12.9 Å². The van der Waals surface area contributed by atoms with Crippen molar-refractivity contribution in [1.82, 2.24) is 0 Å². The van der Waals surface area contributed by atoms with Gasteiger partial charge in [-0.1, -0.05) is 42.5 Å². The summed E-state index contributed by atoms with van der Waals surface area (Å²) < 4.78 is 33.3. The average molecular weight is 379 g/mol. The molecule has 0 aromatic heterocycles. The number of esters is 1. The largest absolute Gasteiger partial charge is 0.459 e. The fraction of sp³-hybridized carbons (Fsp3) is 0.421. The molecule has 0 unspecified atom stereocenters. The molecule has 26 heavy (non-hydrogen) atoms. The first-order valence-corrected chi connectivity index (χ1v) is 10.1. The van der Waals surface area contributed by atoms with Crippen LogP contribution in [0.5, 0.6) is 0 Å². The minimum absolute atomic E-state index is 0.243. The normalized spacial score (nSPS) is 14.8. The number of nitrogens with two attached hydrogens (primary N) is 1. The topological polar surface area (TPSA) is 95.7 Å². The van der Waals surface area contributed by atoms with E-state index in [2.05, 4.69) is 0 Å². The molecular weight excluding hydrogens is 354 g/mol. The van der Waals surface area contributed by atoms with E-state index >= 15 is 0 Å². The van der Waals surface area contributed by atoms with Crippen molar-refractivity contribution in [1.29, 1.82) is 0 Å². The lowest BCUT2D eigenvalue weighted by Gasteiger charge is -2.27. The molecule has 0 amide bonds. The Hall–Kier alpha value is -1.96. The zero-order valence-electron chi connectivity index (χ0n) is 15.4. The van der Waals surface area contributed by atoms with Crippen LogP contribution in [0.25, 0.3) is 10.8 Å². The minimum Gasteiger partial charge on any atom is -0.459 e. The van der Waals surface area contributed by atoms with Crippen LogP contribution in [-0.4, -0.2) is 38.9 Å². The zero-order valence-corrected chi connectivity index (χ0v) is 16.2. The summed E-state index contributed by atoms with van der Waals surface area (Å²) in [5.41, 5.74) is 6.21. The first kappa shape index (κ1) is 20.4. The molecule has 0 spiro atoms. The third-order valence-electron chi connectivity index (χ3n) is 3.80. The fourth-order valence-corrected chi connectivity index (χ4v) is 3.09. The van der Waals surface area contributed by atoms with Crippen molar-refractivity contribution in [3.05, 3.63) is 48.0 Å². The van der Waals surface area contributed by atoms with E-state index in [4.69, 9.17) is 14.7 Å². The highest BCUT2D eigenvalue weighted by Crippen LogP contribution is 2.29. The predicted molar refractivity (Wildman–Crippen MR) is 101 cm³/mol. The Morgan fingerprint density at radius 3 is 2.35 bits per heavy atom. The van der Waals surface area contributed by atoms with Gasteiger partial charge in [0.2, 0.25) is 0 Å². The first-order valence-electron chi connectivity index (χ1n) is 8.28. The maximum absolute atomic E-state index is 12.5. The number of rotatable bonds is 6. The van der Waals surface area contributed by atoms with Gasteiger partial charge in [-0.15, -0.1) is 0 Å². The van der Waals surface area contributed by atoms with Crippen LogP contribution in [0.4, 0.5) is 0 Å². The molecule has 0 aliphatic rings. The van der Waals surface area contributed by atoms with Gasteiger partial charge in [0, 0.05) is 5.92 Å². The molecule has 0 heterocycles. The highest BCUT2D eigenvalue weighted by Gasteiger charge is 2.32.